The van der Waals surface area contributed by atoms with Crippen molar-refractivity contribution in [2.24, 2.45) is 5.92 Å². The summed E-state index contributed by atoms with van der Waals surface area (Å²) in [5, 5.41) is 6.41. The van der Waals surface area contributed by atoms with Gasteiger partial charge in [-0.3, -0.25) is 19.1 Å². The average Bonchev–Trinajstić information content (AvgIpc) is 3.74. The van der Waals surface area contributed by atoms with Gasteiger partial charge in [-0.05, 0) is 57.3 Å². The predicted octanol–water partition coefficient (Wildman–Crippen LogP) is 3.04. The van der Waals surface area contributed by atoms with Crippen LogP contribution in [0.3, 0.4) is 0 Å². The van der Waals surface area contributed by atoms with Crippen LogP contribution in [-0.4, -0.2) is 65.4 Å². The van der Waals surface area contributed by atoms with E-state index in [-0.39, 0.29) is 11.8 Å². The van der Waals surface area contributed by atoms with E-state index in [0.717, 1.165) is 30.6 Å². The number of hydrogen-bond donors (Lipinski definition) is 3. The first-order valence-electron chi connectivity index (χ1n) is 14.2. The normalized spacial score (nSPS) is 30.1. The van der Waals surface area contributed by atoms with Crippen molar-refractivity contribution in [3.63, 3.8) is 0 Å². The summed E-state index contributed by atoms with van der Waals surface area (Å²) in [4.78, 5) is 47.9. The number of fused-ring (bicyclic) bond motifs is 2. The van der Waals surface area contributed by atoms with E-state index >= 15 is 0 Å². The van der Waals surface area contributed by atoms with Crippen LogP contribution in [-0.2, 0) is 24.4 Å². The smallest absolute Gasteiger partial charge is 0.259 e. The Morgan fingerprint density at radius 1 is 1.15 bits per heavy atom. The van der Waals surface area contributed by atoms with Gasteiger partial charge in [0.05, 0.1) is 5.25 Å². The summed E-state index contributed by atoms with van der Waals surface area (Å²) in [6.07, 6.45) is 12.6. The van der Waals surface area contributed by atoms with Gasteiger partial charge in [-0.2, -0.15) is 0 Å². The highest BCUT2D eigenvalue weighted by atomic mass is 32.2. The number of aromatic nitrogens is 1. The molecule has 3 fully saturated rings. The number of amides is 3. The van der Waals surface area contributed by atoms with E-state index in [2.05, 4.69) is 34.2 Å². The van der Waals surface area contributed by atoms with Gasteiger partial charge in [0, 0.05) is 23.5 Å². The van der Waals surface area contributed by atoms with Crippen LogP contribution < -0.4 is 15.4 Å². The lowest BCUT2D eigenvalue weighted by Crippen LogP contribution is -2.57. The molecule has 3 heterocycles. The summed E-state index contributed by atoms with van der Waals surface area (Å²) in [6.45, 7) is 4.67. The SMILES string of the molecule is CC(C)c1cnc(NC2CCCCCC=CC3CC3(C(=O)NS(=O)(=O)C3CC3)NC(=O)C3CCCN3C2=O)s1. The van der Waals surface area contributed by atoms with E-state index in [0.29, 0.717) is 56.1 Å². The standard InChI is InChI=1S/C27H39N5O5S2/c1-17(2)22-16-28-26(38-22)29-20-10-7-5-3-4-6-9-18-15-27(18,25(35)31-39(36,37)19-12-13-19)30-23(33)21-11-8-14-32(21)24(20)34/h6,9,16-21H,3-5,7-8,10-15H2,1-2H3,(H,28,29)(H,30,33)(H,31,35). The van der Waals surface area contributed by atoms with Crippen molar-refractivity contribution < 1.29 is 22.8 Å². The van der Waals surface area contributed by atoms with E-state index in [4.69, 9.17) is 0 Å². The molecule has 2 aliphatic heterocycles. The molecule has 1 aromatic heterocycles. The molecular weight excluding hydrogens is 538 g/mol. The summed E-state index contributed by atoms with van der Waals surface area (Å²) >= 11 is 1.54. The van der Waals surface area contributed by atoms with Gasteiger partial charge in [0.2, 0.25) is 21.8 Å². The molecule has 214 valence electrons. The van der Waals surface area contributed by atoms with Crippen LogP contribution in [0.4, 0.5) is 5.13 Å². The summed E-state index contributed by atoms with van der Waals surface area (Å²) in [5.74, 6) is -1.15. The molecular formula is C27H39N5O5S2. The molecule has 3 amide bonds. The van der Waals surface area contributed by atoms with Crippen molar-refractivity contribution in [2.75, 3.05) is 11.9 Å². The summed E-state index contributed by atoms with van der Waals surface area (Å²) in [5.41, 5.74) is -1.31. The lowest BCUT2D eigenvalue weighted by atomic mass is 10.1. The van der Waals surface area contributed by atoms with Gasteiger partial charge in [-0.25, -0.2) is 13.4 Å². The molecule has 0 aromatic carbocycles. The number of anilines is 1. The minimum absolute atomic E-state index is 0.135. The van der Waals surface area contributed by atoms with E-state index < -0.39 is 44.7 Å². The molecule has 4 unspecified atom stereocenters. The maximum Gasteiger partial charge on any atom is 0.259 e. The Balaban J connectivity index is 1.36. The number of carbonyl (C=O) groups is 3. The number of thiazole rings is 1. The number of carbonyl (C=O) groups excluding carboxylic acids is 3. The molecule has 5 rings (SSSR count). The monoisotopic (exact) mass is 577 g/mol. The maximum atomic E-state index is 13.8. The van der Waals surface area contributed by atoms with Crippen LogP contribution >= 0.6 is 11.3 Å². The molecule has 1 saturated heterocycles. The van der Waals surface area contributed by atoms with E-state index in [9.17, 15) is 22.8 Å². The first-order chi connectivity index (χ1) is 18.6. The Bertz CT molecular complexity index is 1240. The fourth-order valence-corrected chi connectivity index (χ4v) is 7.78. The second kappa shape index (κ2) is 11.2. The topological polar surface area (TPSA) is 138 Å². The van der Waals surface area contributed by atoms with Crippen LogP contribution in [0.2, 0.25) is 0 Å². The van der Waals surface area contributed by atoms with Crippen molar-refractivity contribution >= 4 is 44.2 Å². The molecule has 4 atom stereocenters. The molecule has 4 aliphatic rings. The minimum atomic E-state index is -3.75. The molecule has 1 aromatic rings. The average molecular weight is 578 g/mol. The summed E-state index contributed by atoms with van der Waals surface area (Å²) < 4.78 is 27.3. The Kier molecular flexibility index (Phi) is 8.05. The Morgan fingerprint density at radius 3 is 2.67 bits per heavy atom. The first kappa shape index (κ1) is 28.1. The number of allylic oxidation sites excluding steroid dienone is 1. The third kappa shape index (κ3) is 6.16. The van der Waals surface area contributed by atoms with Gasteiger partial charge >= 0.3 is 0 Å². The molecule has 10 nitrogen and oxygen atoms in total. The largest absolute Gasteiger partial charge is 0.350 e. The second-order valence-electron chi connectivity index (χ2n) is 11.6. The van der Waals surface area contributed by atoms with Crippen LogP contribution in [0.5, 0.6) is 0 Å². The first-order valence-corrected chi connectivity index (χ1v) is 16.5. The minimum Gasteiger partial charge on any atom is -0.350 e. The molecule has 2 saturated carbocycles. The van der Waals surface area contributed by atoms with E-state index in [1.54, 1.807) is 16.2 Å². The van der Waals surface area contributed by atoms with Crippen LogP contribution in [0, 0.1) is 5.92 Å². The van der Waals surface area contributed by atoms with Gasteiger partial charge in [0.1, 0.15) is 17.6 Å². The Labute approximate surface area is 234 Å². The lowest BCUT2D eigenvalue weighted by Gasteiger charge is -2.30. The number of sulfonamides is 1. The van der Waals surface area contributed by atoms with Crippen molar-refractivity contribution in [1.29, 1.82) is 0 Å². The van der Waals surface area contributed by atoms with Crippen LogP contribution in [0.1, 0.15) is 88.9 Å². The molecule has 3 N–H and O–H groups in total. The maximum absolute atomic E-state index is 13.8. The lowest BCUT2D eigenvalue weighted by molar-refractivity contribution is -0.140. The predicted molar refractivity (Wildman–Crippen MR) is 150 cm³/mol. The number of nitrogens with one attached hydrogen (secondary N) is 3. The summed E-state index contributed by atoms with van der Waals surface area (Å²) in [7, 11) is -3.75. The molecule has 0 spiro atoms. The molecule has 0 radical (unpaired) electrons. The van der Waals surface area contributed by atoms with Crippen molar-refractivity contribution in [1.82, 2.24) is 19.9 Å². The van der Waals surface area contributed by atoms with E-state index in [1.807, 2.05) is 18.3 Å². The van der Waals surface area contributed by atoms with Gasteiger partial charge in [0.15, 0.2) is 5.13 Å². The Hall–Kier alpha value is -2.47. The second-order valence-corrected chi connectivity index (χ2v) is 14.6. The highest BCUT2D eigenvalue weighted by Gasteiger charge is 2.61. The van der Waals surface area contributed by atoms with Gasteiger partial charge < -0.3 is 15.5 Å². The fraction of sp³-hybridized carbons (Fsp3) is 0.704. The van der Waals surface area contributed by atoms with E-state index in [1.165, 1.54) is 0 Å². The van der Waals surface area contributed by atoms with Crippen LogP contribution in [0.25, 0.3) is 0 Å². The van der Waals surface area contributed by atoms with Gasteiger partial charge in [-0.1, -0.05) is 38.8 Å². The van der Waals surface area contributed by atoms with Gasteiger partial charge in [-0.15, -0.1) is 11.3 Å². The highest BCUT2D eigenvalue weighted by molar-refractivity contribution is 7.91. The van der Waals surface area contributed by atoms with Crippen molar-refractivity contribution in [3.05, 3.63) is 23.2 Å². The number of nitrogens with zero attached hydrogens (tertiary/aromatic N) is 2. The summed E-state index contributed by atoms with van der Waals surface area (Å²) in [6, 6.07) is -1.20. The highest BCUT2D eigenvalue weighted by Crippen LogP contribution is 2.46. The third-order valence-corrected chi connectivity index (χ3v) is 11.3. The van der Waals surface area contributed by atoms with Gasteiger partial charge in [0.25, 0.3) is 5.91 Å². The molecule has 12 heteroatoms. The number of hydrogen-bond acceptors (Lipinski definition) is 8. The molecule has 39 heavy (non-hydrogen) atoms. The molecule has 0 bridgehead atoms. The zero-order valence-electron chi connectivity index (χ0n) is 22.6. The zero-order valence-corrected chi connectivity index (χ0v) is 24.3. The zero-order chi connectivity index (χ0) is 27.8. The van der Waals surface area contributed by atoms with Crippen LogP contribution in [0.15, 0.2) is 18.3 Å². The van der Waals surface area contributed by atoms with Crippen molar-refractivity contribution in [2.45, 2.75) is 107 Å². The van der Waals surface area contributed by atoms with Crippen molar-refractivity contribution in [3.8, 4) is 0 Å². The quantitative estimate of drug-likeness (QED) is 0.442. The fourth-order valence-electron chi connectivity index (χ4n) is 5.54. The number of rotatable bonds is 6. The Morgan fingerprint density at radius 2 is 1.95 bits per heavy atom. The molecule has 2 aliphatic carbocycles. The third-order valence-electron chi connectivity index (χ3n) is 8.22.